The molecule has 0 spiro atoms. The van der Waals surface area contributed by atoms with E-state index in [0.29, 0.717) is 28.5 Å². The SMILES string of the molecule is CC(C)(C)c1cc(C2CC2)cc2c(Cl)cc(-c3nnc(Nc4ccccc4)o3)nc12. The lowest BCUT2D eigenvalue weighted by Crippen LogP contribution is -2.13. The zero-order valence-corrected chi connectivity index (χ0v) is 18.0. The molecule has 0 atom stereocenters. The van der Waals surface area contributed by atoms with Gasteiger partial charge < -0.3 is 9.73 Å². The summed E-state index contributed by atoms with van der Waals surface area (Å²) in [5.74, 6) is 0.983. The fourth-order valence-electron chi connectivity index (χ4n) is 3.67. The molecule has 2 heterocycles. The standard InChI is InChI=1S/C24H23ClN4O/c1-24(2,3)18-12-15(14-9-10-14)11-17-19(25)13-20(27-21(17)18)22-28-29-23(30-22)26-16-7-5-4-6-8-16/h4-8,11-14H,9-10H2,1-3H3,(H,26,29). The van der Waals surface area contributed by atoms with Crippen LogP contribution < -0.4 is 5.32 Å². The predicted octanol–water partition coefficient (Wildman–Crippen LogP) is 6.86. The van der Waals surface area contributed by atoms with Crippen LogP contribution >= 0.6 is 11.6 Å². The number of nitrogens with zero attached hydrogens (tertiary/aromatic N) is 3. The fourth-order valence-corrected chi connectivity index (χ4v) is 3.91. The van der Waals surface area contributed by atoms with Crippen LogP contribution in [0.3, 0.4) is 0 Å². The van der Waals surface area contributed by atoms with Crippen LogP contribution in [0.5, 0.6) is 0 Å². The van der Waals surface area contributed by atoms with Gasteiger partial charge in [0.05, 0.1) is 10.5 Å². The lowest BCUT2D eigenvalue weighted by Gasteiger charge is -2.22. The van der Waals surface area contributed by atoms with E-state index in [2.05, 4.69) is 48.4 Å². The second kappa shape index (κ2) is 7.10. The van der Waals surface area contributed by atoms with Gasteiger partial charge in [-0.3, -0.25) is 0 Å². The van der Waals surface area contributed by atoms with E-state index in [1.807, 2.05) is 36.4 Å². The zero-order chi connectivity index (χ0) is 20.9. The molecule has 4 aromatic rings. The summed E-state index contributed by atoms with van der Waals surface area (Å²) in [5, 5.41) is 13.0. The largest absolute Gasteiger partial charge is 0.401 e. The first-order valence-electron chi connectivity index (χ1n) is 10.2. The van der Waals surface area contributed by atoms with Gasteiger partial charge in [-0.05, 0) is 59.6 Å². The summed E-state index contributed by atoms with van der Waals surface area (Å²) in [4.78, 5) is 4.91. The third-order valence-corrected chi connectivity index (χ3v) is 5.72. The second-order valence-corrected chi connectivity index (χ2v) is 9.29. The molecule has 6 heteroatoms. The van der Waals surface area contributed by atoms with Gasteiger partial charge >= 0.3 is 6.01 Å². The minimum atomic E-state index is -0.0625. The number of fused-ring (bicyclic) bond motifs is 1. The summed E-state index contributed by atoms with van der Waals surface area (Å²) in [7, 11) is 0. The molecule has 1 aliphatic rings. The number of hydrogen-bond acceptors (Lipinski definition) is 5. The van der Waals surface area contributed by atoms with Crippen LogP contribution in [-0.4, -0.2) is 15.2 Å². The molecule has 0 saturated heterocycles. The van der Waals surface area contributed by atoms with Crippen molar-refractivity contribution in [3.63, 3.8) is 0 Å². The normalized spacial score (nSPS) is 14.3. The van der Waals surface area contributed by atoms with Crippen LogP contribution in [0.4, 0.5) is 11.7 Å². The van der Waals surface area contributed by atoms with E-state index in [-0.39, 0.29) is 5.41 Å². The molecule has 1 N–H and O–H groups in total. The van der Waals surface area contributed by atoms with Crippen molar-refractivity contribution in [3.8, 4) is 11.6 Å². The van der Waals surface area contributed by atoms with Crippen molar-refractivity contribution in [1.29, 1.82) is 0 Å². The molecule has 30 heavy (non-hydrogen) atoms. The van der Waals surface area contributed by atoms with Gasteiger partial charge in [-0.1, -0.05) is 61.7 Å². The van der Waals surface area contributed by atoms with Gasteiger partial charge in [-0.2, -0.15) is 0 Å². The highest BCUT2D eigenvalue weighted by molar-refractivity contribution is 6.35. The van der Waals surface area contributed by atoms with Gasteiger partial charge in [0.1, 0.15) is 5.69 Å². The summed E-state index contributed by atoms with van der Waals surface area (Å²) < 4.78 is 5.82. The molecule has 0 unspecified atom stereocenters. The summed E-state index contributed by atoms with van der Waals surface area (Å²) in [6.07, 6.45) is 2.49. The van der Waals surface area contributed by atoms with E-state index >= 15 is 0 Å². The fraction of sp³-hybridized carbons (Fsp3) is 0.292. The Morgan fingerprint density at radius 2 is 1.80 bits per heavy atom. The Morgan fingerprint density at radius 1 is 1.03 bits per heavy atom. The molecule has 0 aliphatic heterocycles. The second-order valence-electron chi connectivity index (χ2n) is 8.88. The van der Waals surface area contributed by atoms with Gasteiger partial charge in [-0.25, -0.2) is 4.98 Å². The average Bonchev–Trinajstić information content (AvgIpc) is 3.46. The smallest absolute Gasteiger partial charge is 0.320 e. The van der Waals surface area contributed by atoms with Crippen LogP contribution in [0.1, 0.15) is 50.7 Å². The van der Waals surface area contributed by atoms with E-state index in [1.54, 1.807) is 0 Å². The first kappa shape index (κ1) is 19.1. The van der Waals surface area contributed by atoms with Crippen molar-refractivity contribution in [3.05, 3.63) is 64.7 Å². The number of hydrogen-bond donors (Lipinski definition) is 1. The number of rotatable bonds is 4. The van der Waals surface area contributed by atoms with Crippen molar-refractivity contribution in [2.75, 3.05) is 5.32 Å². The number of pyridine rings is 1. The maximum absolute atomic E-state index is 6.72. The summed E-state index contributed by atoms with van der Waals surface area (Å²) >= 11 is 6.72. The van der Waals surface area contributed by atoms with Crippen LogP contribution in [0.15, 0.2) is 52.9 Å². The first-order valence-corrected chi connectivity index (χ1v) is 10.6. The lowest BCUT2D eigenvalue weighted by molar-refractivity contribution is 0.584. The van der Waals surface area contributed by atoms with E-state index in [1.165, 1.54) is 24.0 Å². The van der Waals surface area contributed by atoms with Crippen molar-refractivity contribution in [2.24, 2.45) is 0 Å². The number of aromatic nitrogens is 3. The Bertz CT molecular complexity index is 1220. The quantitative estimate of drug-likeness (QED) is 0.392. The topological polar surface area (TPSA) is 63.8 Å². The van der Waals surface area contributed by atoms with Crippen LogP contribution in [0.25, 0.3) is 22.5 Å². The number of nitrogens with one attached hydrogen (secondary N) is 1. The van der Waals surface area contributed by atoms with Gasteiger partial charge in [0.2, 0.25) is 0 Å². The van der Waals surface area contributed by atoms with E-state index < -0.39 is 0 Å². The summed E-state index contributed by atoms with van der Waals surface area (Å²) in [6.45, 7) is 6.61. The van der Waals surface area contributed by atoms with Crippen molar-refractivity contribution < 1.29 is 4.42 Å². The minimum Gasteiger partial charge on any atom is -0.401 e. The number of benzene rings is 2. The summed E-state index contributed by atoms with van der Waals surface area (Å²) in [6, 6.07) is 16.3. The molecule has 5 nitrogen and oxygen atoms in total. The molecule has 5 rings (SSSR count). The molecule has 2 aromatic carbocycles. The lowest BCUT2D eigenvalue weighted by atomic mass is 9.83. The Labute approximate surface area is 180 Å². The zero-order valence-electron chi connectivity index (χ0n) is 17.2. The Balaban J connectivity index is 1.58. The van der Waals surface area contributed by atoms with Crippen molar-refractivity contribution in [1.82, 2.24) is 15.2 Å². The Morgan fingerprint density at radius 3 is 2.50 bits per heavy atom. The Kier molecular flexibility index (Phi) is 4.51. The monoisotopic (exact) mass is 418 g/mol. The molecule has 0 radical (unpaired) electrons. The third kappa shape index (κ3) is 3.65. The summed E-state index contributed by atoms with van der Waals surface area (Å²) in [5.41, 5.74) is 4.83. The average molecular weight is 419 g/mol. The highest BCUT2D eigenvalue weighted by atomic mass is 35.5. The third-order valence-electron chi connectivity index (χ3n) is 5.41. The maximum Gasteiger partial charge on any atom is 0.320 e. The molecule has 152 valence electrons. The number of para-hydroxylation sites is 1. The van der Waals surface area contributed by atoms with E-state index in [9.17, 15) is 0 Å². The number of halogens is 1. The predicted molar refractivity (Wildman–Crippen MR) is 120 cm³/mol. The van der Waals surface area contributed by atoms with Crippen LogP contribution in [0, 0.1) is 0 Å². The molecule has 0 amide bonds. The number of anilines is 2. The molecule has 1 saturated carbocycles. The molecule has 0 bridgehead atoms. The van der Waals surface area contributed by atoms with Crippen molar-refractivity contribution in [2.45, 2.75) is 44.9 Å². The van der Waals surface area contributed by atoms with Crippen LogP contribution in [-0.2, 0) is 5.41 Å². The highest BCUT2D eigenvalue weighted by Crippen LogP contribution is 2.44. The van der Waals surface area contributed by atoms with Gasteiger partial charge in [0.25, 0.3) is 5.89 Å². The van der Waals surface area contributed by atoms with Gasteiger partial charge in [-0.15, -0.1) is 5.10 Å². The van der Waals surface area contributed by atoms with E-state index in [0.717, 1.165) is 16.6 Å². The molecular formula is C24H23ClN4O. The minimum absolute atomic E-state index is 0.0625. The van der Waals surface area contributed by atoms with Crippen LogP contribution in [0.2, 0.25) is 5.02 Å². The molecular weight excluding hydrogens is 396 g/mol. The highest BCUT2D eigenvalue weighted by Gasteiger charge is 2.28. The van der Waals surface area contributed by atoms with Gasteiger partial charge in [0, 0.05) is 11.1 Å². The maximum atomic E-state index is 6.72. The van der Waals surface area contributed by atoms with Gasteiger partial charge in [0.15, 0.2) is 0 Å². The Hall–Kier alpha value is -2.92. The van der Waals surface area contributed by atoms with Crippen molar-refractivity contribution >= 4 is 34.2 Å². The molecule has 1 aliphatic carbocycles. The molecule has 1 fully saturated rings. The first-order chi connectivity index (χ1) is 14.4. The van der Waals surface area contributed by atoms with E-state index in [4.69, 9.17) is 21.0 Å². The molecule has 2 aromatic heterocycles.